The van der Waals surface area contributed by atoms with Gasteiger partial charge in [-0.3, -0.25) is 4.90 Å². The number of aryl methyl sites for hydroxylation is 1. The molecular formula is C13H18N4S. The maximum absolute atomic E-state index is 4.27. The van der Waals surface area contributed by atoms with E-state index >= 15 is 0 Å². The van der Waals surface area contributed by atoms with Crippen molar-refractivity contribution in [2.45, 2.75) is 32.4 Å². The van der Waals surface area contributed by atoms with Crippen LogP contribution in [0.5, 0.6) is 0 Å². The molecule has 4 nitrogen and oxygen atoms in total. The Morgan fingerprint density at radius 2 is 2.33 bits per heavy atom. The third-order valence-corrected chi connectivity index (χ3v) is 4.52. The molecular weight excluding hydrogens is 244 g/mol. The molecule has 0 aliphatic carbocycles. The Kier molecular flexibility index (Phi) is 3.18. The number of rotatable bonds is 3. The summed E-state index contributed by atoms with van der Waals surface area (Å²) in [6.07, 6.45) is 2.53. The van der Waals surface area contributed by atoms with Crippen molar-refractivity contribution >= 4 is 11.3 Å². The summed E-state index contributed by atoms with van der Waals surface area (Å²) < 4.78 is 2.09. The normalized spacial score (nSPS) is 20.7. The molecule has 3 rings (SSSR count). The average molecular weight is 262 g/mol. The van der Waals surface area contributed by atoms with Crippen LogP contribution in [-0.4, -0.2) is 26.2 Å². The molecule has 0 aromatic carbocycles. The monoisotopic (exact) mass is 262 g/mol. The Bertz CT molecular complexity index is 517. The van der Waals surface area contributed by atoms with Crippen molar-refractivity contribution in [3.05, 3.63) is 34.0 Å². The van der Waals surface area contributed by atoms with Crippen molar-refractivity contribution in [2.24, 2.45) is 7.05 Å². The molecule has 1 aliphatic heterocycles. The predicted molar refractivity (Wildman–Crippen MR) is 72.4 cm³/mol. The van der Waals surface area contributed by atoms with Gasteiger partial charge in [0.25, 0.3) is 0 Å². The minimum Gasteiger partial charge on any atom is -0.317 e. The number of likely N-dealkylation sites (tertiary alicyclic amines) is 1. The predicted octanol–water partition coefficient (Wildman–Crippen LogP) is 2.52. The van der Waals surface area contributed by atoms with Gasteiger partial charge in [-0.1, -0.05) is 0 Å². The third-order valence-electron chi connectivity index (χ3n) is 3.82. The quantitative estimate of drug-likeness (QED) is 0.852. The second kappa shape index (κ2) is 4.82. The summed E-state index contributed by atoms with van der Waals surface area (Å²) >= 11 is 1.78. The lowest BCUT2D eigenvalue weighted by molar-refractivity contribution is 0.240. The van der Waals surface area contributed by atoms with Gasteiger partial charge in [-0.15, -0.1) is 10.2 Å². The summed E-state index contributed by atoms with van der Waals surface area (Å²) in [6.45, 7) is 4.06. The summed E-state index contributed by atoms with van der Waals surface area (Å²) in [7, 11) is 2.04. The number of hydrogen-bond acceptors (Lipinski definition) is 4. The first-order valence-electron chi connectivity index (χ1n) is 6.36. The smallest absolute Gasteiger partial charge is 0.146 e. The molecule has 1 atom stereocenters. The zero-order valence-electron chi connectivity index (χ0n) is 10.8. The van der Waals surface area contributed by atoms with Crippen LogP contribution in [-0.2, 0) is 13.6 Å². The van der Waals surface area contributed by atoms with E-state index < -0.39 is 0 Å². The summed E-state index contributed by atoms with van der Waals surface area (Å²) in [5.41, 5.74) is 1.45. The maximum atomic E-state index is 4.27. The molecule has 0 spiro atoms. The third kappa shape index (κ3) is 2.08. The van der Waals surface area contributed by atoms with Gasteiger partial charge in [0.1, 0.15) is 11.6 Å². The van der Waals surface area contributed by atoms with E-state index in [9.17, 15) is 0 Å². The van der Waals surface area contributed by atoms with E-state index in [1.165, 1.54) is 18.4 Å². The largest absolute Gasteiger partial charge is 0.317 e. The zero-order valence-corrected chi connectivity index (χ0v) is 11.7. The molecule has 0 saturated carbocycles. The highest BCUT2D eigenvalue weighted by Gasteiger charge is 2.27. The SMILES string of the molecule is Cc1nnc(CN2CCCC2c2ccsc2)n1C. The molecule has 1 unspecified atom stereocenters. The van der Waals surface area contributed by atoms with Crippen molar-refractivity contribution in [2.75, 3.05) is 6.54 Å². The standard InChI is InChI=1S/C13H18N4S/c1-10-14-15-13(16(10)2)8-17-6-3-4-12(17)11-5-7-18-9-11/h5,7,9,12H,3-4,6,8H2,1-2H3. The van der Waals surface area contributed by atoms with Crippen LogP contribution in [0.25, 0.3) is 0 Å². The molecule has 0 N–H and O–H groups in total. The molecule has 1 saturated heterocycles. The summed E-state index contributed by atoms with van der Waals surface area (Å²) in [4.78, 5) is 2.52. The summed E-state index contributed by atoms with van der Waals surface area (Å²) in [5.74, 6) is 2.05. The molecule has 18 heavy (non-hydrogen) atoms. The number of hydrogen-bond donors (Lipinski definition) is 0. The molecule has 2 aromatic rings. The summed E-state index contributed by atoms with van der Waals surface area (Å²) in [6, 6.07) is 2.81. The van der Waals surface area contributed by atoms with Crippen LogP contribution >= 0.6 is 11.3 Å². The van der Waals surface area contributed by atoms with Crippen LogP contribution in [0.2, 0.25) is 0 Å². The Hall–Kier alpha value is -1.20. The van der Waals surface area contributed by atoms with Crippen molar-refractivity contribution in [3.63, 3.8) is 0 Å². The molecule has 1 fully saturated rings. The molecule has 0 bridgehead atoms. The van der Waals surface area contributed by atoms with Gasteiger partial charge in [-0.05, 0) is 48.7 Å². The highest BCUT2D eigenvalue weighted by Crippen LogP contribution is 2.33. The van der Waals surface area contributed by atoms with Crippen molar-refractivity contribution < 1.29 is 0 Å². The fraction of sp³-hybridized carbons (Fsp3) is 0.538. The van der Waals surface area contributed by atoms with E-state index in [1.54, 1.807) is 11.3 Å². The Balaban J connectivity index is 1.78. The minimum atomic E-state index is 0.563. The molecule has 1 aliphatic rings. The van der Waals surface area contributed by atoms with E-state index in [0.717, 1.165) is 24.7 Å². The fourth-order valence-electron chi connectivity index (χ4n) is 2.63. The molecule has 0 radical (unpaired) electrons. The van der Waals surface area contributed by atoms with Crippen LogP contribution in [0.15, 0.2) is 16.8 Å². The van der Waals surface area contributed by atoms with Crippen LogP contribution < -0.4 is 0 Å². The minimum absolute atomic E-state index is 0.563. The number of thiophene rings is 1. The second-order valence-electron chi connectivity index (χ2n) is 4.91. The highest BCUT2D eigenvalue weighted by atomic mass is 32.1. The Morgan fingerprint density at radius 1 is 1.44 bits per heavy atom. The van der Waals surface area contributed by atoms with E-state index in [-0.39, 0.29) is 0 Å². The van der Waals surface area contributed by atoms with E-state index in [4.69, 9.17) is 0 Å². The lowest BCUT2D eigenvalue weighted by Gasteiger charge is -2.23. The highest BCUT2D eigenvalue weighted by molar-refractivity contribution is 7.07. The molecule has 96 valence electrons. The van der Waals surface area contributed by atoms with Gasteiger partial charge in [0.2, 0.25) is 0 Å². The van der Waals surface area contributed by atoms with Gasteiger partial charge in [-0.2, -0.15) is 11.3 Å². The topological polar surface area (TPSA) is 34.0 Å². The van der Waals surface area contributed by atoms with Crippen molar-refractivity contribution in [3.8, 4) is 0 Å². The van der Waals surface area contributed by atoms with Crippen molar-refractivity contribution in [1.82, 2.24) is 19.7 Å². The van der Waals surface area contributed by atoms with Crippen LogP contribution in [0.4, 0.5) is 0 Å². The summed E-state index contributed by atoms with van der Waals surface area (Å²) in [5, 5.41) is 12.8. The Morgan fingerprint density at radius 3 is 3.00 bits per heavy atom. The maximum Gasteiger partial charge on any atom is 0.146 e. The first-order chi connectivity index (χ1) is 8.75. The van der Waals surface area contributed by atoms with Gasteiger partial charge >= 0.3 is 0 Å². The molecule has 5 heteroatoms. The molecule has 2 aromatic heterocycles. The number of nitrogens with zero attached hydrogens (tertiary/aromatic N) is 4. The average Bonchev–Trinajstić information content (AvgIpc) is 3.06. The Labute approximate surface area is 111 Å². The van der Waals surface area contributed by atoms with Crippen LogP contribution in [0.3, 0.4) is 0 Å². The number of aromatic nitrogens is 3. The van der Waals surface area contributed by atoms with E-state index in [0.29, 0.717) is 6.04 Å². The van der Waals surface area contributed by atoms with Crippen molar-refractivity contribution in [1.29, 1.82) is 0 Å². The van der Waals surface area contributed by atoms with E-state index in [1.807, 2.05) is 14.0 Å². The zero-order chi connectivity index (χ0) is 12.5. The lowest BCUT2D eigenvalue weighted by atomic mass is 10.1. The van der Waals surface area contributed by atoms with Gasteiger partial charge in [-0.25, -0.2) is 0 Å². The fourth-order valence-corrected chi connectivity index (χ4v) is 3.33. The van der Waals surface area contributed by atoms with Gasteiger partial charge in [0.05, 0.1) is 6.54 Å². The van der Waals surface area contributed by atoms with E-state index in [2.05, 4.69) is 36.5 Å². The lowest BCUT2D eigenvalue weighted by Crippen LogP contribution is -2.24. The first kappa shape index (κ1) is 11.9. The molecule has 3 heterocycles. The molecule has 0 amide bonds. The van der Waals surface area contributed by atoms with Crippen LogP contribution in [0.1, 0.15) is 36.1 Å². The first-order valence-corrected chi connectivity index (χ1v) is 7.31. The van der Waals surface area contributed by atoms with Gasteiger partial charge in [0, 0.05) is 13.1 Å². The van der Waals surface area contributed by atoms with Crippen LogP contribution in [0, 0.1) is 6.92 Å². The second-order valence-corrected chi connectivity index (χ2v) is 5.69. The van der Waals surface area contributed by atoms with Gasteiger partial charge in [0.15, 0.2) is 0 Å². The van der Waals surface area contributed by atoms with Gasteiger partial charge < -0.3 is 4.57 Å².